The maximum absolute atomic E-state index is 12.8. The summed E-state index contributed by atoms with van der Waals surface area (Å²) in [6.07, 6.45) is 2.29. The predicted octanol–water partition coefficient (Wildman–Crippen LogP) is 4.92. The van der Waals surface area contributed by atoms with Crippen molar-refractivity contribution in [2.45, 2.75) is 38.8 Å². The standard InChI is InChI=1S/C29H32N2O4S/c1-4-19-22(25(28(32)34-2)29(33)35-3)16-24-26-21(14-15-30(24)27(19)36)20-12-8-9-13-23(20)31(26)17-18-10-6-5-7-11-18/h5-13,19,22,24-25H,4,14-17H2,1-3H3/t19-,22+,24-/m1/s1. The Labute approximate surface area is 217 Å². The molecule has 0 N–H and O–H groups in total. The Morgan fingerprint density at radius 1 is 1.03 bits per heavy atom. The van der Waals surface area contributed by atoms with Crippen LogP contribution < -0.4 is 0 Å². The van der Waals surface area contributed by atoms with Gasteiger partial charge in [-0.1, -0.05) is 67.7 Å². The summed E-state index contributed by atoms with van der Waals surface area (Å²) in [5.41, 5.74) is 5.00. The highest BCUT2D eigenvalue weighted by molar-refractivity contribution is 7.80. The van der Waals surface area contributed by atoms with Crippen molar-refractivity contribution >= 4 is 40.0 Å². The third-order valence-electron chi connectivity index (χ3n) is 7.99. The minimum atomic E-state index is -0.998. The first-order chi connectivity index (χ1) is 17.5. The number of nitrogens with zero attached hydrogens (tertiary/aromatic N) is 2. The Kier molecular flexibility index (Phi) is 6.84. The van der Waals surface area contributed by atoms with Gasteiger partial charge in [-0.2, -0.15) is 0 Å². The lowest BCUT2D eigenvalue weighted by molar-refractivity contribution is -0.163. The Morgan fingerprint density at radius 3 is 2.36 bits per heavy atom. The predicted molar refractivity (Wildman–Crippen MR) is 143 cm³/mol. The average molecular weight is 505 g/mol. The molecule has 0 bridgehead atoms. The van der Waals surface area contributed by atoms with Crippen LogP contribution in [0.2, 0.25) is 0 Å². The number of benzene rings is 2. The molecule has 6 nitrogen and oxygen atoms in total. The molecule has 0 radical (unpaired) electrons. The summed E-state index contributed by atoms with van der Waals surface area (Å²) in [6.45, 7) is 3.64. The molecule has 2 aliphatic heterocycles. The highest BCUT2D eigenvalue weighted by Gasteiger charge is 2.50. The summed E-state index contributed by atoms with van der Waals surface area (Å²) in [5.74, 6) is -2.47. The molecule has 0 spiro atoms. The zero-order chi connectivity index (χ0) is 25.4. The van der Waals surface area contributed by atoms with Gasteiger partial charge in [-0.15, -0.1) is 0 Å². The SMILES string of the molecule is CC[C@H]1C(=S)N2CCc3c(n(Cc4ccccc4)c4ccccc34)[C@H]2C[C@@H]1C(C(=O)OC)C(=O)OC. The molecular formula is C29H32N2O4S. The van der Waals surface area contributed by atoms with Gasteiger partial charge < -0.3 is 18.9 Å². The monoisotopic (exact) mass is 504 g/mol. The molecule has 2 aliphatic rings. The van der Waals surface area contributed by atoms with Crippen molar-refractivity contribution in [2.75, 3.05) is 20.8 Å². The molecule has 0 aliphatic carbocycles. The number of esters is 2. The molecular weight excluding hydrogens is 472 g/mol. The third-order valence-corrected chi connectivity index (χ3v) is 8.53. The van der Waals surface area contributed by atoms with E-state index in [-0.39, 0.29) is 17.9 Å². The number of carbonyl (C=O) groups excluding carboxylic acids is 2. The molecule has 1 aromatic heterocycles. The van der Waals surface area contributed by atoms with E-state index in [1.54, 1.807) is 0 Å². The van der Waals surface area contributed by atoms with Crippen LogP contribution in [0.3, 0.4) is 0 Å². The third kappa shape index (κ3) is 3.99. The molecule has 188 valence electrons. The number of carbonyl (C=O) groups is 2. The van der Waals surface area contributed by atoms with E-state index in [1.165, 1.54) is 41.9 Å². The number of fused-ring (bicyclic) bond motifs is 5. The minimum absolute atomic E-state index is 0.0259. The zero-order valence-electron chi connectivity index (χ0n) is 21.0. The molecule has 0 saturated carbocycles. The first-order valence-electron chi connectivity index (χ1n) is 12.6. The largest absolute Gasteiger partial charge is 0.468 e. The number of aromatic nitrogens is 1. The van der Waals surface area contributed by atoms with Crippen LogP contribution >= 0.6 is 12.2 Å². The van der Waals surface area contributed by atoms with Crippen LogP contribution in [-0.2, 0) is 32.0 Å². The number of ether oxygens (including phenoxy) is 2. The van der Waals surface area contributed by atoms with Gasteiger partial charge in [-0.3, -0.25) is 9.59 Å². The van der Waals surface area contributed by atoms with Crippen molar-refractivity contribution in [1.29, 1.82) is 0 Å². The van der Waals surface area contributed by atoms with Gasteiger partial charge in [-0.05, 0) is 42.4 Å². The first kappa shape index (κ1) is 24.5. The van der Waals surface area contributed by atoms with Gasteiger partial charge in [-0.25, -0.2) is 0 Å². The number of methoxy groups -OCH3 is 2. The lowest BCUT2D eigenvalue weighted by atomic mass is 9.71. The molecule has 0 amide bonds. The van der Waals surface area contributed by atoms with Gasteiger partial charge in [0, 0.05) is 35.6 Å². The van der Waals surface area contributed by atoms with E-state index < -0.39 is 17.9 Å². The topological polar surface area (TPSA) is 60.8 Å². The van der Waals surface area contributed by atoms with Crippen LogP contribution in [-0.4, -0.2) is 47.2 Å². The van der Waals surface area contributed by atoms with Gasteiger partial charge in [0.2, 0.25) is 0 Å². The van der Waals surface area contributed by atoms with Crippen LogP contribution in [0.1, 0.15) is 42.6 Å². The lowest BCUT2D eigenvalue weighted by Crippen LogP contribution is -2.53. The molecule has 3 atom stereocenters. The van der Waals surface area contributed by atoms with E-state index >= 15 is 0 Å². The smallest absolute Gasteiger partial charge is 0.320 e. The Morgan fingerprint density at radius 2 is 1.69 bits per heavy atom. The summed E-state index contributed by atoms with van der Waals surface area (Å²) < 4.78 is 12.6. The number of thiocarbonyl (C=S) groups is 1. The number of rotatable bonds is 6. The van der Waals surface area contributed by atoms with Crippen molar-refractivity contribution in [3.8, 4) is 0 Å². The molecule has 0 unspecified atom stereocenters. The van der Waals surface area contributed by atoms with Gasteiger partial charge in [0.25, 0.3) is 0 Å². The minimum Gasteiger partial charge on any atom is -0.468 e. The Hall–Kier alpha value is -3.19. The van der Waals surface area contributed by atoms with Crippen LogP contribution in [0, 0.1) is 17.8 Å². The molecule has 1 fully saturated rings. The van der Waals surface area contributed by atoms with Gasteiger partial charge >= 0.3 is 11.9 Å². The summed E-state index contributed by atoms with van der Waals surface area (Å²) in [4.78, 5) is 28.9. The maximum Gasteiger partial charge on any atom is 0.320 e. The van der Waals surface area contributed by atoms with Gasteiger partial charge in [0.1, 0.15) is 0 Å². The number of para-hydroxylation sites is 1. The van der Waals surface area contributed by atoms with E-state index in [4.69, 9.17) is 21.7 Å². The fourth-order valence-corrected chi connectivity index (χ4v) is 6.94. The van der Waals surface area contributed by atoms with Crippen LogP contribution in [0.4, 0.5) is 0 Å². The average Bonchev–Trinajstić information content (AvgIpc) is 3.23. The normalized spacial score (nSPS) is 21.3. The molecule has 3 aromatic rings. The first-order valence-corrected chi connectivity index (χ1v) is 13.0. The maximum atomic E-state index is 12.8. The van der Waals surface area contributed by atoms with Crippen LogP contribution in [0.25, 0.3) is 10.9 Å². The van der Waals surface area contributed by atoms with Crippen molar-refractivity contribution in [3.05, 3.63) is 71.4 Å². The van der Waals surface area contributed by atoms with Crippen LogP contribution in [0.5, 0.6) is 0 Å². The Balaban J connectivity index is 1.65. The molecule has 1 saturated heterocycles. The zero-order valence-corrected chi connectivity index (χ0v) is 21.8. The van der Waals surface area contributed by atoms with E-state index in [2.05, 4.69) is 64.9 Å². The fraction of sp³-hybridized carbons (Fsp3) is 0.414. The fourth-order valence-electron chi connectivity index (χ4n) is 6.38. The molecule has 7 heteroatoms. The summed E-state index contributed by atoms with van der Waals surface area (Å²) in [5, 5.41) is 1.26. The summed E-state index contributed by atoms with van der Waals surface area (Å²) in [7, 11) is 2.65. The van der Waals surface area contributed by atoms with Crippen molar-refractivity contribution in [1.82, 2.24) is 9.47 Å². The second kappa shape index (κ2) is 10.1. The van der Waals surface area contributed by atoms with E-state index in [9.17, 15) is 9.59 Å². The van der Waals surface area contributed by atoms with E-state index in [1.807, 2.05) is 6.07 Å². The summed E-state index contributed by atoms with van der Waals surface area (Å²) in [6, 6.07) is 19.0. The molecule has 3 heterocycles. The van der Waals surface area contributed by atoms with Gasteiger partial charge in [0.15, 0.2) is 5.92 Å². The van der Waals surface area contributed by atoms with Crippen molar-refractivity contribution < 1.29 is 19.1 Å². The molecule has 2 aromatic carbocycles. The number of hydrogen-bond donors (Lipinski definition) is 0. The number of piperidine rings is 1. The van der Waals surface area contributed by atoms with E-state index in [0.717, 1.165) is 30.9 Å². The Bertz CT molecular complexity index is 1290. The highest BCUT2D eigenvalue weighted by atomic mass is 32.1. The van der Waals surface area contributed by atoms with Crippen molar-refractivity contribution in [3.63, 3.8) is 0 Å². The second-order valence-electron chi connectivity index (χ2n) is 9.69. The molecule has 5 rings (SSSR count). The van der Waals surface area contributed by atoms with Gasteiger partial charge in [0.05, 0.1) is 25.2 Å². The highest BCUT2D eigenvalue weighted by Crippen LogP contribution is 2.48. The summed E-state index contributed by atoms with van der Waals surface area (Å²) >= 11 is 6.06. The lowest BCUT2D eigenvalue weighted by Gasteiger charge is -2.49. The van der Waals surface area contributed by atoms with Crippen LogP contribution in [0.15, 0.2) is 54.6 Å². The van der Waals surface area contributed by atoms with Crippen molar-refractivity contribution in [2.24, 2.45) is 17.8 Å². The quantitative estimate of drug-likeness (QED) is 0.270. The van der Waals surface area contributed by atoms with E-state index in [0.29, 0.717) is 6.42 Å². The number of hydrogen-bond acceptors (Lipinski definition) is 5. The molecule has 36 heavy (non-hydrogen) atoms. The second-order valence-corrected chi connectivity index (χ2v) is 10.1.